The molecule has 0 bridgehead atoms. The molecule has 4 aromatic rings. The Hall–Kier alpha value is -4.52. The molecule has 8 nitrogen and oxygen atoms in total. The number of imidazole rings is 1. The van der Waals surface area contributed by atoms with Crippen molar-refractivity contribution in [3.05, 3.63) is 77.7 Å². The minimum Gasteiger partial charge on any atom is -0.485 e. The van der Waals surface area contributed by atoms with Crippen LogP contribution >= 0.6 is 0 Å². The summed E-state index contributed by atoms with van der Waals surface area (Å²) in [6.07, 6.45) is 2.87. The van der Waals surface area contributed by atoms with Crippen LogP contribution in [0.25, 0.3) is 11.0 Å². The van der Waals surface area contributed by atoms with Gasteiger partial charge in [0, 0.05) is 30.8 Å². The predicted molar refractivity (Wildman–Crippen MR) is 127 cm³/mol. The number of benzene rings is 2. The largest absolute Gasteiger partial charge is 0.485 e. The number of nitrogens with zero attached hydrogens (tertiary/aromatic N) is 5. The number of alkyl halides is 2. The van der Waals surface area contributed by atoms with Crippen molar-refractivity contribution < 1.29 is 23.0 Å². The maximum Gasteiger partial charge on any atom is 0.387 e. The molecule has 1 aliphatic rings. The summed E-state index contributed by atoms with van der Waals surface area (Å²) >= 11 is 0. The molecule has 3 heterocycles. The zero-order valence-electron chi connectivity index (χ0n) is 19.1. The number of carbonyl (C=O) groups excluding carboxylic acids is 1. The number of rotatable bonds is 8. The molecule has 182 valence electrons. The minimum absolute atomic E-state index is 0.0272. The van der Waals surface area contributed by atoms with Crippen molar-refractivity contribution in [2.24, 2.45) is 0 Å². The van der Waals surface area contributed by atoms with Crippen LogP contribution in [0, 0.1) is 11.3 Å². The average molecular weight is 489 g/mol. The standard InChI is InChI=1S/C26H21F2N5O3/c27-26(28)36-22-5-2-1-4-18(22)15-33-21-12-17(14-29)7-8-20(21)31-24(33)16-35-19-9-10-30-23(13-19)32-11-3-6-25(32)34/h1-2,4-5,7-10,12-13,26H,3,6,11,15-16H2. The Kier molecular flexibility index (Phi) is 6.45. The predicted octanol–water partition coefficient (Wildman–Crippen LogP) is 4.66. The Morgan fingerprint density at radius 3 is 2.78 bits per heavy atom. The maximum atomic E-state index is 13.0. The van der Waals surface area contributed by atoms with Crippen molar-refractivity contribution in [2.75, 3.05) is 11.4 Å². The fraction of sp³-hybridized carbons (Fsp3) is 0.231. The second-order valence-electron chi connectivity index (χ2n) is 8.20. The SMILES string of the molecule is N#Cc1ccc2nc(COc3ccnc(N4CCCC4=O)c3)n(Cc3ccccc3OC(F)F)c2c1. The number of anilines is 1. The molecule has 0 unspecified atom stereocenters. The Morgan fingerprint density at radius 2 is 2.00 bits per heavy atom. The first kappa shape index (κ1) is 23.2. The van der Waals surface area contributed by atoms with E-state index in [1.807, 2.05) is 4.57 Å². The van der Waals surface area contributed by atoms with Gasteiger partial charge < -0.3 is 14.0 Å². The van der Waals surface area contributed by atoms with E-state index >= 15 is 0 Å². The Bertz CT molecular complexity index is 1460. The third-order valence-corrected chi connectivity index (χ3v) is 5.91. The molecule has 2 aromatic heterocycles. The van der Waals surface area contributed by atoms with Crippen LogP contribution in [0.5, 0.6) is 11.5 Å². The molecule has 0 radical (unpaired) electrons. The number of hydrogen-bond acceptors (Lipinski definition) is 6. The van der Waals surface area contributed by atoms with Gasteiger partial charge in [0.05, 0.1) is 29.2 Å². The molecule has 0 N–H and O–H groups in total. The molecular weight excluding hydrogens is 468 g/mol. The minimum atomic E-state index is -2.96. The van der Waals surface area contributed by atoms with Gasteiger partial charge in [-0.05, 0) is 36.8 Å². The molecule has 36 heavy (non-hydrogen) atoms. The third-order valence-electron chi connectivity index (χ3n) is 5.91. The van der Waals surface area contributed by atoms with Gasteiger partial charge in [0.15, 0.2) is 0 Å². The third kappa shape index (κ3) is 4.81. The van der Waals surface area contributed by atoms with Gasteiger partial charge in [0.1, 0.15) is 29.7 Å². The average Bonchev–Trinajstić information content (AvgIpc) is 3.46. The second-order valence-corrected chi connectivity index (χ2v) is 8.20. The van der Waals surface area contributed by atoms with E-state index < -0.39 is 6.61 Å². The highest BCUT2D eigenvalue weighted by atomic mass is 19.3. The topological polar surface area (TPSA) is 93.3 Å². The lowest BCUT2D eigenvalue weighted by molar-refractivity contribution is -0.117. The molecule has 1 aliphatic heterocycles. The number of hydrogen-bond donors (Lipinski definition) is 0. The lowest BCUT2D eigenvalue weighted by Gasteiger charge is -2.16. The summed E-state index contributed by atoms with van der Waals surface area (Å²) in [5.41, 5.74) is 2.28. The molecular formula is C26H21F2N5O3. The van der Waals surface area contributed by atoms with E-state index in [4.69, 9.17) is 9.47 Å². The highest BCUT2D eigenvalue weighted by Crippen LogP contribution is 2.27. The van der Waals surface area contributed by atoms with E-state index in [1.165, 1.54) is 6.07 Å². The van der Waals surface area contributed by atoms with Crippen molar-refractivity contribution in [3.8, 4) is 17.6 Å². The van der Waals surface area contributed by atoms with E-state index in [0.717, 1.165) is 6.42 Å². The molecule has 1 fully saturated rings. The van der Waals surface area contributed by atoms with Crippen molar-refractivity contribution >= 4 is 22.8 Å². The number of nitriles is 1. The first-order valence-electron chi connectivity index (χ1n) is 11.3. The Labute approximate surface area is 205 Å². The fourth-order valence-corrected chi connectivity index (χ4v) is 4.22. The highest BCUT2D eigenvalue weighted by molar-refractivity contribution is 5.94. The van der Waals surface area contributed by atoms with Gasteiger partial charge >= 0.3 is 6.61 Å². The van der Waals surface area contributed by atoms with Crippen LogP contribution < -0.4 is 14.4 Å². The van der Waals surface area contributed by atoms with Crippen LogP contribution in [0.4, 0.5) is 14.6 Å². The van der Waals surface area contributed by atoms with Crippen molar-refractivity contribution in [1.29, 1.82) is 5.26 Å². The maximum absolute atomic E-state index is 13.0. The summed E-state index contributed by atoms with van der Waals surface area (Å²) in [6.45, 7) is -2.10. The molecule has 5 rings (SSSR count). The van der Waals surface area contributed by atoms with Crippen LogP contribution in [-0.4, -0.2) is 33.6 Å². The summed E-state index contributed by atoms with van der Waals surface area (Å²) in [6, 6.07) is 17.2. The number of para-hydroxylation sites is 1. The Balaban J connectivity index is 1.46. The monoisotopic (exact) mass is 489 g/mol. The molecule has 1 amide bonds. The number of aromatic nitrogens is 3. The molecule has 1 saturated heterocycles. The lowest BCUT2D eigenvalue weighted by Crippen LogP contribution is -2.24. The second kappa shape index (κ2) is 10.00. The van der Waals surface area contributed by atoms with Gasteiger partial charge in [-0.25, -0.2) is 9.97 Å². The van der Waals surface area contributed by atoms with Crippen LogP contribution in [0.3, 0.4) is 0 Å². The van der Waals surface area contributed by atoms with Crippen LogP contribution in [0.15, 0.2) is 60.8 Å². The highest BCUT2D eigenvalue weighted by Gasteiger charge is 2.23. The number of pyridine rings is 1. The summed E-state index contributed by atoms with van der Waals surface area (Å²) in [7, 11) is 0. The van der Waals surface area contributed by atoms with Crippen LogP contribution in [-0.2, 0) is 17.9 Å². The normalized spacial score (nSPS) is 13.4. The van der Waals surface area contributed by atoms with Gasteiger partial charge in [-0.15, -0.1) is 0 Å². The van der Waals surface area contributed by atoms with E-state index in [0.29, 0.717) is 52.5 Å². The first-order valence-corrected chi connectivity index (χ1v) is 11.3. The van der Waals surface area contributed by atoms with Gasteiger partial charge in [-0.1, -0.05) is 18.2 Å². The molecule has 0 aliphatic carbocycles. The molecule has 0 spiro atoms. The molecule has 2 aromatic carbocycles. The van der Waals surface area contributed by atoms with Gasteiger partial charge in [-0.2, -0.15) is 14.0 Å². The summed E-state index contributed by atoms with van der Waals surface area (Å²) in [5.74, 6) is 1.66. The van der Waals surface area contributed by atoms with Gasteiger partial charge in [0.2, 0.25) is 5.91 Å². The van der Waals surface area contributed by atoms with E-state index in [1.54, 1.807) is 59.6 Å². The first-order chi connectivity index (χ1) is 17.5. The van der Waals surface area contributed by atoms with E-state index in [-0.39, 0.29) is 24.8 Å². The van der Waals surface area contributed by atoms with Crippen molar-refractivity contribution in [1.82, 2.24) is 14.5 Å². The zero-order valence-corrected chi connectivity index (χ0v) is 19.1. The van der Waals surface area contributed by atoms with Crippen molar-refractivity contribution in [2.45, 2.75) is 32.6 Å². The van der Waals surface area contributed by atoms with E-state index in [2.05, 4.69) is 16.0 Å². The van der Waals surface area contributed by atoms with Crippen LogP contribution in [0.2, 0.25) is 0 Å². The summed E-state index contributed by atoms with van der Waals surface area (Å²) in [5, 5.41) is 9.37. The number of ether oxygens (including phenoxy) is 2. The van der Waals surface area contributed by atoms with Gasteiger partial charge in [-0.3, -0.25) is 9.69 Å². The van der Waals surface area contributed by atoms with E-state index in [9.17, 15) is 18.8 Å². The summed E-state index contributed by atoms with van der Waals surface area (Å²) in [4.78, 5) is 22.7. The number of carbonyl (C=O) groups is 1. The zero-order chi connectivity index (χ0) is 25.1. The smallest absolute Gasteiger partial charge is 0.387 e. The molecule has 0 atom stereocenters. The lowest BCUT2D eigenvalue weighted by atomic mass is 10.2. The number of fused-ring (bicyclic) bond motifs is 1. The van der Waals surface area contributed by atoms with Crippen molar-refractivity contribution in [3.63, 3.8) is 0 Å². The summed E-state index contributed by atoms with van der Waals surface area (Å²) < 4.78 is 38.4. The van der Waals surface area contributed by atoms with Crippen LogP contribution in [0.1, 0.15) is 29.8 Å². The quantitative estimate of drug-likeness (QED) is 0.358. The number of halogens is 2. The number of amides is 1. The van der Waals surface area contributed by atoms with Gasteiger partial charge in [0.25, 0.3) is 0 Å². The fourth-order valence-electron chi connectivity index (χ4n) is 4.22. The molecule has 0 saturated carbocycles. The molecule has 10 heteroatoms. The Morgan fingerprint density at radius 1 is 1.14 bits per heavy atom.